The molecule has 0 fully saturated rings. The molecule has 0 aliphatic carbocycles. The fourth-order valence-corrected chi connectivity index (χ4v) is 5.93. The van der Waals surface area contributed by atoms with Crippen LogP contribution in [0.4, 0.5) is 11.4 Å². The number of rotatable bonds is 4. The molecular formula is C21H29NO2SSi. The van der Waals surface area contributed by atoms with E-state index < -0.39 is 9.04 Å². The van der Waals surface area contributed by atoms with Crippen LogP contribution < -0.4 is 4.90 Å². The average Bonchev–Trinajstić information content (AvgIpc) is 2.58. The molecule has 0 saturated carbocycles. The summed E-state index contributed by atoms with van der Waals surface area (Å²) in [5.74, 6) is 0. The molecule has 0 saturated heterocycles. The smallest absolute Gasteiger partial charge is 0.171 e. The molecule has 0 amide bonds. The van der Waals surface area contributed by atoms with Gasteiger partial charge in [0, 0.05) is 16.8 Å². The van der Waals surface area contributed by atoms with E-state index >= 15 is 0 Å². The summed E-state index contributed by atoms with van der Waals surface area (Å²) in [6, 6.07) is 12.7. The molecule has 0 bridgehead atoms. The topological polar surface area (TPSA) is 32.7 Å². The van der Waals surface area contributed by atoms with Gasteiger partial charge in [0.1, 0.15) is 0 Å². The molecular weight excluding hydrogens is 358 g/mol. The Hall–Kier alpha value is -1.27. The molecule has 1 aliphatic rings. The minimum absolute atomic E-state index is 0.0162. The first kappa shape index (κ1) is 19.5. The lowest BCUT2D eigenvalue weighted by Crippen LogP contribution is -2.27. The first-order valence-corrected chi connectivity index (χ1v) is 12.8. The van der Waals surface area contributed by atoms with Crippen LogP contribution in [0.2, 0.25) is 13.1 Å². The van der Waals surface area contributed by atoms with Gasteiger partial charge in [0.15, 0.2) is 9.04 Å². The summed E-state index contributed by atoms with van der Waals surface area (Å²) in [6.07, 6.45) is 0.0628. The van der Waals surface area contributed by atoms with Gasteiger partial charge in [0.05, 0.1) is 24.1 Å². The first-order valence-electron chi connectivity index (χ1n) is 9.16. The van der Waals surface area contributed by atoms with Gasteiger partial charge in [0.2, 0.25) is 0 Å². The molecule has 3 nitrogen and oxygen atoms in total. The Labute approximate surface area is 163 Å². The molecule has 1 heterocycles. The zero-order valence-corrected chi connectivity index (χ0v) is 18.5. The Bertz CT molecular complexity index is 801. The Morgan fingerprint density at radius 1 is 1.08 bits per heavy atom. The van der Waals surface area contributed by atoms with E-state index in [-0.39, 0.29) is 18.1 Å². The number of aliphatic hydroxyl groups is 1. The minimum Gasteiger partial charge on any atom is -0.413 e. The highest BCUT2D eigenvalue weighted by molar-refractivity contribution is 7.99. The highest BCUT2D eigenvalue weighted by atomic mass is 32.2. The van der Waals surface area contributed by atoms with E-state index in [1.807, 2.05) is 12.1 Å². The van der Waals surface area contributed by atoms with Crippen LogP contribution in [0.3, 0.4) is 0 Å². The number of fused-ring (bicyclic) bond motifs is 2. The predicted octanol–water partition coefficient (Wildman–Crippen LogP) is 5.50. The summed E-state index contributed by atoms with van der Waals surface area (Å²) in [6.45, 7) is 11.3. The van der Waals surface area contributed by atoms with Gasteiger partial charge in [-0.1, -0.05) is 56.8 Å². The van der Waals surface area contributed by atoms with Crippen LogP contribution in [0.25, 0.3) is 0 Å². The van der Waals surface area contributed by atoms with E-state index in [9.17, 15) is 5.11 Å². The second-order valence-corrected chi connectivity index (χ2v) is 11.6. The highest BCUT2D eigenvalue weighted by Gasteiger charge is 2.33. The van der Waals surface area contributed by atoms with Gasteiger partial charge in [-0.3, -0.25) is 0 Å². The van der Waals surface area contributed by atoms with E-state index in [0.717, 1.165) is 16.1 Å². The van der Waals surface area contributed by atoms with Gasteiger partial charge in [-0.25, -0.2) is 0 Å². The lowest BCUT2D eigenvalue weighted by Gasteiger charge is -2.37. The fraction of sp³-hybridized carbons (Fsp3) is 0.429. The highest BCUT2D eigenvalue weighted by Crippen LogP contribution is 2.53. The lowest BCUT2D eigenvalue weighted by atomic mass is 9.84. The van der Waals surface area contributed by atoms with Gasteiger partial charge < -0.3 is 14.4 Å². The van der Waals surface area contributed by atoms with Crippen LogP contribution in [0.5, 0.6) is 0 Å². The molecule has 5 heteroatoms. The molecule has 1 atom stereocenters. The van der Waals surface area contributed by atoms with E-state index in [1.165, 1.54) is 16.1 Å². The van der Waals surface area contributed by atoms with E-state index in [4.69, 9.17) is 4.43 Å². The molecule has 1 unspecified atom stereocenters. The van der Waals surface area contributed by atoms with Crippen molar-refractivity contribution >= 4 is 32.2 Å². The second kappa shape index (κ2) is 7.39. The molecule has 1 aliphatic heterocycles. The Morgan fingerprint density at radius 3 is 2.27 bits per heavy atom. The summed E-state index contributed by atoms with van der Waals surface area (Å²) in [5, 5.41) is 9.80. The molecule has 2 aromatic carbocycles. The molecule has 26 heavy (non-hydrogen) atoms. The Balaban J connectivity index is 2.15. The van der Waals surface area contributed by atoms with Crippen LogP contribution in [-0.4, -0.2) is 21.2 Å². The molecule has 0 spiro atoms. The maximum Gasteiger partial charge on any atom is 0.171 e. The normalized spacial score (nSPS) is 15.0. The van der Waals surface area contributed by atoms with Gasteiger partial charge in [-0.05, 0) is 41.8 Å². The third kappa shape index (κ3) is 3.58. The number of aliphatic hydroxyl groups excluding tert-OH is 1. The fourth-order valence-electron chi connectivity index (χ4n) is 3.45. The number of benzene rings is 2. The van der Waals surface area contributed by atoms with Crippen LogP contribution in [0.15, 0.2) is 46.2 Å². The molecule has 0 radical (unpaired) electrons. The van der Waals surface area contributed by atoms with Gasteiger partial charge in [-0.15, -0.1) is 0 Å². The summed E-state index contributed by atoms with van der Waals surface area (Å²) >= 11 is 1.77. The van der Waals surface area contributed by atoms with Crippen molar-refractivity contribution in [3.05, 3.63) is 47.5 Å². The Kier molecular flexibility index (Phi) is 5.54. The summed E-state index contributed by atoms with van der Waals surface area (Å²) in [4.78, 5) is 4.63. The molecule has 140 valence electrons. The zero-order chi connectivity index (χ0) is 19.1. The van der Waals surface area contributed by atoms with E-state index in [1.54, 1.807) is 11.8 Å². The maximum atomic E-state index is 9.80. The lowest BCUT2D eigenvalue weighted by molar-refractivity contribution is 0.0843. The molecule has 0 aromatic heterocycles. The summed E-state index contributed by atoms with van der Waals surface area (Å²) in [5.41, 5.74) is 4.61. The average molecular weight is 388 g/mol. The van der Waals surface area contributed by atoms with Crippen molar-refractivity contribution in [2.24, 2.45) is 5.41 Å². The van der Waals surface area contributed by atoms with Crippen LogP contribution in [0, 0.1) is 5.41 Å². The zero-order valence-electron chi connectivity index (χ0n) is 16.5. The van der Waals surface area contributed by atoms with Crippen molar-refractivity contribution in [1.82, 2.24) is 0 Å². The summed E-state index contributed by atoms with van der Waals surface area (Å²) in [7, 11) is 0.905. The first-order chi connectivity index (χ1) is 12.2. The Morgan fingerprint density at radius 2 is 1.69 bits per heavy atom. The summed E-state index contributed by atoms with van der Waals surface area (Å²) < 4.78 is 6.50. The van der Waals surface area contributed by atoms with Gasteiger partial charge >= 0.3 is 0 Å². The van der Waals surface area contributed by atoms with Crippen LogP contribution in [-0.2, 0) is 11.0 Å². The van der Waals surface area contributed by atoms with Crippen molar-refractivity contribution in [2.45, 2.75) is 56.4 Å². The standard InChI is InChI=1S/C21H29NO2SSi/c1-21(2,3)20(24-26(5)6)15-10-8-12-17-19(15)25-18-14(13-23)9-7-11-16(18)22(17)4/h7-12,20,23,26H,13H2,1-6H3. The predicted molar refractivity (Wildman–Crippen MR) is 113 cm³/mol. The third-order valence-electron chi connectivity index (χ3n) is 4.67. The third-order valence-corrected chi connectivity index (χ3v) is 6.82. The number of anilines is 2. The SMILES string of the molecule is CN1c2cccc(CO)c2Sc2c(C(O[SiH](C)C)C(C)(C)C)cccc21. The molecule has 2 aromatic rings. The van der Waals surface area contributed by atoms with Gasteiger partial charge in [0.25, 0.3) is 0 Å². The van der Waals surface area contributed by atoms with Crippen LogP contribution >= 0.6 is 11.8 Å². The van der Waals surface area contributed by atoms with Crippen molar-refractivity contribution in [2.75, 3.05) is 11.9 Å². The number of hydrogen-bond donors (Lipinski definition) is 1. The van der Waals surface area contributed by atoms with Crippen LogP contribution in [0.1, 0.15) is 38.0 Å². The quantitative estimate of drug-likeness (QED) is 0.702. The maximum absolute atomic E-state index is 9.80. The molecule has 3 rings (SSSR count). The van der Waals surface area contributed by atoms with Crippen molar-refractivity contribution in [3.8, 4) is 0 Å². The largest absolute Gasteiger partial charge is 0.413 e. The van der Waals surface area contributed by atoms with Gasteiger partial charge in [-0.2, -0.15) is 0 Å². The van der Waals surface area contributed by atoms with Crippen molar-refractivity contribution in [1.29, 1.82) is 0 Å². The van der Waals surface area contributed by atoms with Crippen molar-refractivity contribution < 1.29 is 9.53 Å². The van der Waals surface area contributed by atoms with Crippen molar-refractivity contribution in [3.63, 3.8) is 0 Å². The monoisotopic (exact) mass is 387 g/mol. The second-order valence-electron chi connectivity index (χ2n) is 8.21. The number of hydrogen-bond acceptors (Lipinski definition) is 4. The van der Waals surface area contributed by atoms with E-state index in [2.05, 4.69) is 70.1 Å². The molecule has 1 N–H and O–H groups in total. The van der Waals surface area contributed by atoms with E-state index in [0.29, 0.717) is 0 Å². The number of nitrogens with zero attached hydrogens (tertiary/aromatic N) is 1. The minimum atomic E-state index is -1.20.